The average Bonchev–Trinajstić information content (AvgIpc) is 2.01. The molecular formula is C7H7NO5S. The highest BCUT2D eigenvalue weighted by Crippen LogP contribution is 2.11. The molecule has 0 atom stereocenters. The Kier molecular flexibility index (Phi) is 2.82. The molecule has 0 aliphatic carbocycles. The average molecular weight is 217 g/mol. The van der Waals surface area contributed by atoms with Gasteiger partial charge >= 0.3 is 0 Å². The van der Waals surface area contributed by atoms with Crippen LogP contribution in [0.1, 0.15) is 5.56 Å². The Labute approximate surface area is 80.1 Å². The van der Waals surface area contributed by atoms with Crippen LogP contribution in [0.25, 0.3) is 0 Å². The fraction of sp³-hybridized carbons (Fsp3) is 0.143. The molecule has 0 saturated heterocycles. The monoisotopic (exact) mass is 217 g/mol. The van der Waals surface area contributed by atoms with Crippen molar-refractivity contribution in [3.63, 3.8) is 0 Å². The van der Waals surface area contributed by atoms with Crippen molar-refractivity contribution in [2.24, 2.45) is 0 Å². The minimum atomic E-state index is -4.28. The van der Waals surface area contributed by atoms with Crippen LogP contribution in [-0.2, 0) is 16.7 Å². The van der Waals surface area contributed by atoms with Gasteiger partial charge in [0.1, 0.15) is 0 Å². The summed E-state index contributed by atoms with van der Waals surface area (Å²) in [7, 11) is -4.28. The van der Waals surface area contributed by atoms with E-state index in [-0.39, 0.29) is 10.5 Å². The van der Waals surface area contributed by atoms with E-state index in [1.54, 1.807) is 0 Å². The first-order chi connectivity index (χ1) is 6.39. The van der Waals surface area contributed by atoms with Gasteiger partial charge in [-0.1, -0.05) is 12.1 Å². The number of nitro groups is 1. The van der Waals surface area contributed by atoms with Crippen molar-refractivity contribution >= 4 is 10.1 Å². The summed E-state index contributed by atoms with van der Waals surface area (Å²) in [5, 5.41) is 10.1. The summed E-state index contributed by atoms with van der Waals surface area (Å²) in [6.07, 6.45) is 0. The third-order valence-corrected chi connectivity index (χ3v) is 2.36. The van der Waals surface area contributed by atoms with Crippen LogP contribution in [0.4, 0.5) is 0 Å². The Morgan fingerprint density at radius 3 is 2.57 bits per heavy atom. The molecule has 0 aromatic heterocycles. The Bertz CT molecular complexity index is 453. The van der Waals surface area contributed by atoms with E-state index in [2.05, 4.69) is 0 Å². The summed E-state index contributed by atoms with van der Waals surface area (Å²) >= 11 is 0. The normalized spacial score (nSPS) is 11.2. The van der Waals surface area contributed by atoms with E-state index < -0.39 is 21.6 Å². The highest BCUT2D eigenvalue weighted by Gasteiger charge is 2.11. The van der Waals surface area contributed by atoms with Crippen LogP contribution in [0.3, 0.4) is 0 Å². The van der Waals surface area contributed by atoms with E-state index in [4.69, 9.17) is 4.55 Å². The smallest absolute Gasteiger partial charge is 0.282 e. The van der Waals surface area contributed by atoms with Crippen molar-refractivity contribution in [3.8, 4) is 0 Å². The number of rotatable bonds is 3. The Hall–Kier alpha value is -1.47. The number of nitrogens with zero attached hydrogens (tertiary/aromatic N) is 1. The van der Waals surface area contributed by atoms with Crippen molar-refractivity contribution in [1.29, 1.82) is 0 Å². The molecule has 1 N–H and O–H groups in total. The lowest BCUT2D eigenvalue weighted by atomic mass is 10.2. The van der Waals surface area contributed by atoms with Gasteiger partial charge in [-0.05, 0) is 12.1 Å². The van der Waals surface area contributed by atoms with E-state index >= 15 is 0 Å². The molecule has 0 aliphatic heterocycles. The first kappa shape index (κ1) is 10.6. The van der Waals surface area contributed by atoms with Crippen LogP contribution in [0.5, 0.6) is 0 Å². The van der Waals surface area contributed by atoms with E-state index in [1.165, 1.54) is 18.2 Å². The predicted octanol–water partition coefficient (Wildman–Crippen LogP) is 0.710. The predicted molar refractivity (Wildman–Crippen MR) is 47.0 cm³/mol. The van der Waals surface area contributed by atoms with Crippen LogP contribution in [-0.4, -0.2) is 17.9 Å². The van der Waals surface area contributed by atoms with Gasteiger partial charge in [-0.25, -0.2) is 0 Å². The molecule has 6 nitrogen and oxygen atoms in total. The van der Waals surface area contributed by atoms with Crippen molar-refractivity contribution in [2.75, 3.05) is 0 Å². The first-order valence-corrected chi connectivity index (χ1v) is 5.02. The molecule has 0 radical (unpaired) electrons. The molecule has 0 aliphatic rings. The van der Waals surface area contributed by atoms with Gasteiger partial charge in [-0.2, -0.15) is 8.42 Å². The second-order valence-electron chi connectivity index (χ2n) is 2.61. The summed E-state index contributed by atoms with van der Waals surface area (Å²) in [6.45, 7) is -0.469. The molecule has 1 aromatic carbocycles. The maximum Gasteiger partial charge on any atom is 0.294 e. The zero-order chi connectivity index (χ0) is 10.8. The van der Waals surface area contributed by atoms with Gasteiger partial charge < -0.3 is 0 Å². The summed E-state index contributed by atoms with van der Waals surface area (Å²) in [5.41, 5.74) is 0.227. The molecule has 0 fully saturated rings. The summed E-state index contributed by atoms with van der Waals surface area (Å²) in [6, 6.07) is 4.98. The SMILES string of the molecule is O=[N+]([O-])Cc1cccc(S(=O)(=O)O)c1. The summed E-state index contributed by atoms with van der Waals surface area (Å²) < 4.78 is 30.0. The topological polar surface area (TPSA) is 97.5 Å². The quantitative estimate of drug-likeness (QED) is 0.456. The standard InChI is InChI=1S/C7H7NO5S/c9-8(10)5-6-2-1-3-7(4-6)14(11,12)13/h1-4H,5H2,(H,11,12,13). The third-order valence-electron chi connectivity index (χ3n) is 1.51. The third kappa shape index (κ3) is 2.79. The van der Waals surface area contributed by atoms with Crippen LogP contribution in [0, 0.1) is 10.1 Å². The number of hydrogen-bond acceptors (Lipinski definition) is 4. The Balaban J connectivity index is 3.08. The van der Waals surface area contributed by atoms with Gasteiger partial charge in [0.15, 0.2) is 0 Å². The van der Waals surface area contributed by atoms with Gasteiger partial charge in [-0.15, -0.1) is 0 Å². The highest BCUT2D eigenvalue weighted by molar-refractivity contribution is 7.85. The molecule has 0 heterocycles. The lowest BCUT2D eigenvalue weighted by Crippen LogP contribution is -2.02. The van der Waals surface area contributed by atoms with E-state index in [0.29, 0.717) is 0 Å². The van der Waals surface area contributed by atoms with Gasteiger partial charge in [-0.3, -0.25) is 14.7 Å². The highest BCUT2D eigenvalue weighted by atomic mass is 32.2. The van der Waals surface area contributed by atoms with Gasteiger partial charge in [0.2, 0.25) is 6.54 Å². The first-order valence-electron chi connectivity index (χ1n) is 3.58. The fourth-order valence-electron chi connectivity index (χ4n) is 0.953. The Morgan fingerprint density at radius 2 is 2.07 bits per heavy atom. The van der Waals surface area contributed by atoms with E-state index in [9.17, 15) is 18.5 Å². The Morgan fingerprint density at radius 1 is 1.43 bits per heavy atom. The second kappa shape index (κ2) is 3.72. The van der Waals surface area contributed by atoms with Crippen LogP contribution in [0.15, 0.2) is 29.2 Å². The zero-order valence-electron chi connectivity index (χ0n) is 6.95. The van der Waals surface area contributed by atoms with E-state index in [0.717, 1.165) is 6.07 Å². The lowest BCUT2D eigenvalue weighted by molar-refractivity contribution is -0.496. The van der Waals surface area contributed by atoms with Crippen molar-refractivity contribution in [3.05, 3.63) is 39.9 Å². The fourth-order valence-corrected chi connectivity index (χ4v) is 1.50. The van der Waals surface area contributed by atoms with Crippen LogP contribution < -0.4 is 0 Å². The summed E-state index contributed by atoms with van der Waals surface area (Å²) in [5.74, 6) is 0. The summed E-state index contributed by atoms with van der Waals surface area (Å²) in [4.78, 5) is 9.21. The second-order valence-corrected chi connectivity index (χ2v) is 4.03. The number of hydrogen-bond donors (Lipinski definition) is 1. The molecular weight excluding hydrogens is 210 g/mol. The van der Waals surface area contributed by atoms with E-state index in [1.807, 2.05) is 0 Å². The molecule has 76 valence electrons. The van der Waals surface area contributed by atoms with Crippen molar-refractivity contribution < 1.29 is 17.9 Å². The maximum atomic E-state index is 10.7. The molecule has 0 saturated carbocycles. The minimum Gasteiger partial charge on any atom is -0.282 e. The van der Waals surface area contributed by atoms with Gasteiger partial charge in [0.05, 0.1) is 4.90 Å². The molecule has 1 aromatic rings. The molecule has 7 heteroatoms. The molecule has 14 heavy (non-hydrogen) atoms. The number of benzene rings is 1. The maximum absolute atomic E-state index is 10.7. The molecule has 0 spiro atoms. The van der Waals surface area contributed by atoms with Crippen LogP contribution in [0.2, 0.25) is 0 Å². The molecule has 0 bridgehead atoms. The van der Waals surface area contributed by atoms with Gasteiger partial charge in [0, 0.05) is 10.5 Å². The molecule has 0 amide bonds. The van der Waals surface area contributed by atoms with Crippen molar-refractivity contribution in [2.45, 2.75) is 11.4 Å². The van der Waals surface area contributed by atoms with Crippen molar-refractivity contribution in [1.82, 2.24) is 0 Å². The van der Waals surface area contributed by atoms with Crippen LogP contribution >= 0.6 is 0 Å². The molecule has 0 unspecified atom stereocenters. The molecule has 1 rings (SSSR count). The lowest BCUT2D eigenvalue weighted by Gasteiger charge is -1.98. The zero-order valence-corrected chi connectivity index (χ0v) is 7.77. The largest absolute Gasteiger partial charge is 0.294 e. The minimum absolute atomic E-state index is 0.227. The van der Waals surface area contributed by atoms with Gasteiger partial charge in [0.25, 0.3) is 10.1 Å².